The van der Waals surface area contributed by atoms with Crippen LogP contribution in [0, 0.1) is 0 Å². The van der Waals surface area contributed by atoms with E-state index in [0.717, 1.165) is 28.1 Å². The molecule has 0 radical (unpaired) electrons. The monoisotopic (exact) mass is 304 g/mol. The molecule has 4 nitrogen and oxygen atoms in total. The standard InChI is InChI=1S/C19H20N4/c20-14-5-1-12(2-6-14)19(13-3-7-15(21)8-4-13)17-11-16(22)9-10-18(17)23/h1-11,19H,20-23H2. The van der Waals surface area contributed by atoms with Gasteiger partial charge in [-0.1, -0.05) is 24.3 Å². The van der Waals surface area contributed by atoms with Gasteiger partial charge in [0.1, 0.15) is 0 Å². The second-order valence-electron chi connectivity index (χ2n) is 5.65. The molecule has 0 bridgehead atoms. The molecular weight excluding hydrogens is 284 g/mol. The van der Waals surface area contributed by atoms with Crippen LogP contribution in [0.2, 0.25) is 0 Å². The maximum Gasteiger partial charge on any atom is 0.0361 e. The third-order valence-electron chi connectivity index (χ3n) is 3.96. The van der Waals surface area contributed by atoms with Gasteiger partial charge in [-0.25, -0.2) is 0 Å². The minimum absolute atomic E-state index is 0.0281. The molecule has 3 aromatic carbocycles. The highest BCUT2D eigenvalue weighted by Gasteiger charge is 2.19. The average molecular weight is 304 g/mol. The molecule has 3 aromatic rings. The van der Waals surface area contributed by atoms with Crippen LogP contribution in [-0.2, 0) is 0 Å². The lowest BCUT2D eigenvalue weighted by atomic mass is 9.84. The normalized spacial score (nSPS) is 10.8. The Morgan fingerprint density at radius 1 is 0.522 bits per heavy atom. The maximum absolute atomic E-state index is 6.22. The van der Waals surface area contributed by atoms with Crippen LogP contribution in [0.25, 0.3) is 0 Å². The molecular formula is C19H20N4. The number of rotatable bonds is 3. The van der Waals surface area contributed by atoms with Crippen LogP contribution in [0.5, 0.6) is 0 Å². The third-order valence-corrected chi connectivity index (χ3v) is 3.96. The molecule has 0 amide bonds. The first-order valence-electron chi connectivity index (χ1n) is 7.40. The molecule has 8 N–H and O–H groups in total. The van der Waals surface area contributed by atoms with E-state index in [1.54, 1.807) is 0 Å². The van der Waals surface area contributed by atoms with Crippen LogP contribution in [0.4, 0.5) is 22.7 Å². The molecule has 0 atom stereocenters. The summed E-state index contributed by atoms with van der Waals surface area (Å²) in [6.45, 7) is 0. The molecule has 23 heavy (non-hydrogen) atoms. The lowest BCUT2D eigenvalue weighted by Crippen LogP contribution is -2.08. The number of hydrogen-bond acceptors (Lipinski definition) is 4. The molecule has 0 unspecified atom stereocenters. The first kappa shape index (κ1) is 14.8. The van der Waals surface area contributed by atoms with Crippen molar-refractivity contribution in [2.24, 2.45) is 0 Å². The van der Waals surface area contributed by atoms with Crippen molar-refractivity contribution >= 4 is 22.7 Å². The van der Waals surface area contributed by atoms with Gasteiger partial charge in [0.2, 0.25) is 0 Å². The Kier molecular flexibility index (Phi) is 3.81. The summed E-state index contributed by atoms with van der Waals surface area (Å²) in [6, 6.07) is 21.2. The highest BCUT2D eigenvalue weighted by atomic mass is 14.6. The van der Waals surface area contributed by atoms with E-state index in [1.807, 2.05) is 66.7 Å². The van der Waals surface area contributed by atoms with Gasteiger partial charge < -0.3 is 22.9 Å². The van der Waals surface area contributed by atoms with E-state index in [9.17, 15) is 0 Å². The zero-order valence-electron chi connectivity index (χ0n) is 12.7. The minimum Gasteiger partial charge on any atom is -0.399 e. The second-order valence-corrected chi connectivity index (χ2v) is 5.65. The van der Waals surface area contributed by atoms with Crippen molar-refractivity contribution in [2.75, 3.05) is 22.9 Å². The van der Waals surface area contributed by atoms with Crippen molar-refractivity contribution < 1.29 is 0 Å². The topological polar surface area (TPSA) is 104 Å². The number of hydrogen-bond donors (Lipinski definition) is 4. The van der Waals surface area contributed by atoms with E-state index in [-0.39, 0.29) is 5.92 Å². The molecule has 0 aliphatic rings. The van der Waals surface area contributed by atoms with E-state index in [2.05, 4.69) is 0 Å². The Morgan fingerprint density at radius 2 is 0.957 bits per heavy atom. The van der Waals surface area contributed by atoms with Crippen molar-refractivity contribution in [3.05, 3.63) is 83.4 Å². The first-order valence-corrected chi connectivity index (χ1v) is 7.40. The summed E-state index contributed by atoms with van der Waals surface area (Å²) in [5.41, 5.74) is 29.8. The Balaban J connectivity index is 2.18. The SMILES string of the molecule is Nc1ccc(C(c2ccc(N)cc2)c2cc(N)ccc2N)cc1. The zero-order valence-corrected chi connectivity index (χ0v) is 12.7. The fraction of sp³-hybridized carbons (Fsp3) is 0.0526. The van der Waals surface area contributed by atoms with Crippen molar-refractivity contribution in [1.29, 1.82) is 0 Å². The summed E-state index contributed by atoms with van der Waals surface area (Å²) in [4.78, 5) is 0. The number of benzene rings is 3. The zero-order chi connectivity index (χ0) is 16.4. The highest BCUT2D eigenvalue weighted by molar-refractivity contribution is 5.62. The first-order chi connectivity index (χ1) is 11.0. The molecule has 0 fully saturated rings. The molecule has 3 rings (SSSR count). The van der Waals surface area contributed by atoms with Crippen molar-refractivity contribution in [1.82, 2.24) is 0 Å². The maximum atomic E-state index is 6.22. The second kappa shape index (κ2) is 5.93. The van der Waals surface area contributed by atoms with Gasteiger partial charge in [-0.2, -0.15) is 0 Å². The summed E-state index contributed by atoms with van der Waals surface area (Å²) in [7, 11) is 0. The Labute approximate surface area is 135 Å². The molecule has 0 aromatic heterocycles. The van der Waals surface area contributed by atoms with E-state index in [0.29, 0.717) is 11.4 Å². The molecule has 0 saturated heterocycles. The van der Waals surface area contributed by atoms with Gasteiger partial charge in [0, 0.05) is 28.7 Å². The molecule has 0 saturated carbocycles. The van der Waals surface area contributed by atoms with Gasteiger partial charge in [-0.3, -0.25) is 0 Å². The van der Waals surface area contributed by atoms with Gasteiger partial charge in [-0.05, 0) is 59.2 Å². The van der Waals surface area contributed by atoms with Crippen molar-refractivity contribution in [3.8, 4) is 0 Å². The summed E-state index contributed by atoms with van der Waals surface area (Å²) in [6.07, 6.45) is 0. The predicted molar refractivity (Wildman–Crippen MR) is 97.9 cm³/mol. The average Bonchev–Trinajstić information content (AvgIpc) is 2.54. The van der Waals surface area contributed by atoms with Gasteiger partial charge >= 0.3 is 0 Å². The highest BCUT2D eigenvalue weighted by Crippen LogP contribution is 2.36. The molecule has 0 aliphatic carbocycles. The smallest absolute Gasteiger partial charge is 0.0361 e. The Hall–Kier alpha value is -3.14. The van der Waals surface area contributed by atoms with E-state index in [4.69, 9.17) is 22.9 Å². The predicted octanol–water partition coefficient (Wildman–Crippen LogP) is 3.20. The number of nitrogens with two attached hydrogens (primary N) is 4. The minimum atomic E-state index is -0.0281. The fourth-order valence-corrected chi connectivity index (χ4v) is 2.77. The van der Waals surface area contributed by atoms with Crippen molar-refractivity contribution in [3.63, 3.8) is 0 Å². The summed E-state index contributed by atoms with van der Waals surface area (Å²) < 4.78 is 0. The van der Waals surface area contributed by atoms with Crippen LogP contribution in [0.15, 0.2) is 66.7 Å². The fourth-order valence-electron chi connectivity index (χ4n) is 2.77. The molecule has 116 valence electrons. The quantitative estimate of drug-likeness (QED) is 0.440. The molecule has 0 spiro atoms. The summed E-state index contributed by atoms with van der Waals surface area (Å²) >= 11 is 0. The summed E-state index contributed by atoms with van der Waals surface area (Å²) in [5.74, 6) is -0.0281. The van der Waals surface area contributed by atoms with Gasteiger partial charge in [0.25, 0.3) is 0 Å². The Bertz CT molecular complexity index is 762. The van der Waals surface area contributed by atoms with Gasteiger partial charge in [0.15, 0.2) is 0 Å². The van der Waals surface area contributed by atoms with E-state index in [1.165, 1.54) is 0 Å². The van der Waals surface area contributed by atoms with Crippen molar-refractivity contribution in [2.45, 2.75) is 5.92 Å². The number of anilines is 4. The molecule has 0 heterocycles. The lowest BCUT2D eigenvalue weighted by Gasteiger charge is -2.21. The van der Waals surface area contributed by atoms with Crippen LogP contribution in [0.3, 0.4) is 0 Å². The third kappa shape index (κ3) is 3.06. The van der Waals surface area contributed by atoms with Crippen LogP contribution in [0.1, 0.15) is 22.6 Å². The largest absolute Gasteiger partial charge is 0.399 e. The number of nitrogen functional groups attached to an aromatic ring is 4. The van der Waals surface area contributed by atoms with Crippen LogP contribution in [-0.4, -0.2) is 0 Å². The molecule has 4 heteroatoms. The van der Waals surface area contributed by atoms with Crippen LogP contribution < -0.4 is 22.9 Å². The Morgan fingerprint density at radius 3 is 1.43 bits per heavy atom. The summed E-state index contributed by atoms with van der Waals surface area (Å²) in [5, 5.41) is 0. The van der Waals surface area contributed by atoms with E-state index < -0.39 is 0 Å². The van der Waals surface area contributed by atoms with E-state index >= 15 is 0 Å². The van der Waals surface area contributed by atoms with Gasteiger partial charge in [-0.15, -0.1) is 0 Å². The molecule has 0 aliphatic heterocycles. The lowest BCUT2D eigenvalue weighted by molar-refractivity contribution is 0.982. The van der Waals surface area contributed by atoms with Crippen LogP contribution >= 0.6 is 0 Å². The van der Waals surface area contributed by atoms with Gasteiger partial charge in [0.05, 0.1) is 0 Å².